The zero-order valence-corrected chi connectivity index (χ0v) is 13.7. The molecule has 2 heteroatoms. The molecule has 0 fully saturated rings. The number of hydrogen-bond donors (Lipinski definition) is 0. The van der Waals surface area contributed by atoms with E-state index in [-0.39, 0.29) is 7.92 Å². The van der Waals surface area contributed by atoms with E-state index in [1.807, 2.05) is 0 Å². The fourth-order valence-electron chi connectivity index (χ4n) is 3.01. The van der Waals surface area contributed by atoms with Crippen LogP contribution in [0.15, 0.2) is 65.7 Å². The molecule has 0 bridgehead atoms. The van der Waals surface area contributed by atoms with E-state index in [0.29, 0.717) is 5.66 Å². The minimum Gasteiger partial charge on any atom is -0.497 e. The lowest BCUT2D eigenvalue weighted by Gasteiger charge is -2.23. The number of allylic oxidation sites excluding steroid dienone is 2. The third-order valence-corrected chi connectivity index (χ3v) is 7.41. The van der Waals surface area contributed by atoms with E-state index < -0.39 is 0 Å². The fraction of sp³-hybridized carbons (Fsp3) is 0.263. The number of ether oxygens (including phenoxy) is 1. The average molecular weight is 296 g/mol. The predicted octanol–water partition coefficient (Wildman–Crippen LogP) is 4.89. The SMILES string of the molecule is COc1ccc(C2C(C)=C(C)CP2c2ccccc2)cc1. The molecule has 0 saturated heterocycles. The van der Waals surface area contributed by atoms with Crippen molar-refractivity contribution in [1.29, 1.82) is 0 Å². The zero-order valence-electron chi connectivity index (χ0n) is 12.8. The molecule has 2 aromatic carbocycles. The van der Waals surface area contributed by atoms with Crippen LogP contribution in [-0.2, 0) is 0 Å². The number of hydrogen-bond acceptors (Lipinski definition) is 1. The van der Waals surface area contributed by atoms with Gasteiger partial charge in [-0.25, -0.2) is 0 Å². The molecule has 1 nitrogen and oxygen atoms in total. The smallest absolute Gasteiger partial charge is 0.118 e. The second-order valence-electron chi connectivity index (χ2n) is 5.60. The van der Waals surface area contributed by atoms with E-state index in [2.05, 4.69) is 68.4 Å². The maximum Gasteiger partial charge on any atom is 0.118 e. The normalized spacial score (nSPS) is 21.7. The van der Waals surface area contributed by atoms with Gasteiger partial charge < -0.3 is 4.74 Å². The van der Waals surface area contributed by atoms with Crippen molar-refractivity contribution in [3.63, 3.8) is 0 Å². The molecule has 0 spiro atoms. The maximum absolute atomic E-state index is 5.28. The van der Waals surface area contributed by atoms with Crippen LogP contribution in [0.25, 0.3) is 0 Å². The molecule has 2 aromatic rings. The van der Waals surface area contributed by atoms with Crippen molar-refractivity contribution in [2.75, 3.05) is 13.3 Å². The largest absolute Gasteiger partial charge is 0.497 e. The van der Waals surface area contributed by atoms with Gasteiger partial charge in [0.15, 0.2) is 0 Å². The van der Waals surface area contributed by atoms with E-state index in [9.17, 15) is 0 Å². The van der Waals surface area contributed by atoms with Gasteiger partial charge in [-0.15, -0.1) is 0 Å². The molecule has 0 radical (unpaired) electrons. The predicted molar refractivity (Wildman–Crippen MR) is 92.0 cm³/mol. The lowest BCUT2D eigenvalue weighted by Crippen LogP contribution is -2.06. The first kappa shape index (κ1) is 14.4. The Balaban J connectivity index is 1.99. The fourth-order valence-corrected chi connectivity index (χ4v) is 6.21. The molecule has 2 atom stereocenters. The van der Waals surface area contributed by atoms with Crippen LogP contribution in [0.4, 0.5) is 0 Å². The minimum atomic E-state index is -0.187. The Labute approximate surface area is 128 Å². The van der Waals surface area contributed by atoms with Crippen LogP contribution in [0, 0.1) is 0 Å². The highest BCUT2D eigenvalue weighted by atomic mass is 31.1. The first-order valence-electron chi connectivity index (χ1n) is 7.32. The van der Waals surface area contributed by atoms with Crippen molar-refractivity contribution in [3.05, 3.63) is 71.3 Å². The topological polar surface area (TPSA) is 9.23 Å². The molecule has 21 heavy (non-hydrogen) atoms. The maximum atomic E-state index is 5.28. The van der Waals surface area contributed by atoms with Gasteiger partial charge in [-0.05, 0) is 43.0 Å². The quantitative estimate of drug-likeness (QED) is 0.578. The van der Waals surface area contributed by atoms with Crippen LogP contribution in [-0.4, -0.2) is 13.3 Å². The molecular formula is C19H21OP. The molecule has 0 amide bonds. The summed E-state index contributed by atoms with van der Waals surface area (Å²) in [6.45, 7) is 4.59. The summed E-state index contributed by atoms with van der Waals surface area (Å²) in [5, 5.41) is 1.50. The third kappa shape index (κ3) is 2.76. The highest BCUT2D eigenvalue weighted by Crippen LogP contribution is 2.60. The minimum absolute atomic E-state index is 0.187. The van der Waals surface area contributed by atoms with Gasteiger partial charge in [0.1, 0.15) is 5.75 Å². The van der Waals surface area contributed by atoms with Crippen LogP contribution in [0.5, 0.6) is 5.75 Å². The molecule has 0 saturated carbocycles. The Hall–Kier alpha value is -1.59. The van der Waals surface area contributed by atoms with Crippen LogP contribution in [0.2, 0.25) is 0 Å². The summed E-state index contributed by atoms with van der Waals surface area (Å²) in [6, 6.07) is 19.6. The molecule has 0 aromatic heterocycles. The Bertz CT molecular complexity index is 643. The highest BCUT2D eigenvalue weighted by Gasteiger charge is 2.32. The number of methoxy groups -OCH3 is 1. The van der Waals surface area contributed by atoms with E-state index in [4.69, 9.17) is 4.74 Å². The first-order chi connectivity index (χ1) is 10.2. The Morgan fingerprint density at radius 1 is 0.952 bits per heavy atom. The first-order valence-corrected chi connectivity index (χ1v) is 8.92. The lowest BCUT2D eigenvalue weighted by atomic mass is 10.0. The lowest BCUT2D eigenvalue weighted by molar-refractivity contribution is 0.414. The highest BCUT2D eigenvalue weighted by molar-refractivity contribution is 7.66. The van der Waals surface area contributed by atoms with Crippen molar-refractivity contribution >= 4 is 13.2 Å². The molecule has 1 aliphatic rings. The van der Waals surface area contributed by atoms with Gasteiger partial charge in [0.2, 0.25) is 0 Å². The van der Waals surface area contributed by atoms with Crippen LogP contribution in [0.3, 0.4) is 0 Å². The van der Waals surface area contributed by atoms with Crippen molar-refractivity contribution in [3.8, 4) is 5.75 Å². The summed E-state index contributed by atoms with van der Waals surface area (Å²) in [7, 11) is 1.53. The standard InChI is InChI=1S/C19H21OP/c1-14-13-21(18-7-5-4-6-8-18)19(15(14)2)16-9-11-17(20-3)12-10-16/h4-12,19H,13H2,1-3H3. The molecule has 3 rings (SSSR count). The van der Waals surface area contributed by atoms with Gasteiger partial charge >= 0.3 is 0 Å². The molecule has 0 aliphatic carbocycles. The van der Waals surface area contributed by atoms with Crippen LogP contribution < -0.4 is 10.0 Å². The molecule has 1 aliphatic heterocycles. The number of rotatable bonds is 3. The van der Waals surface area contributed by atoms with Crippen molar-refractivity contribution in [2.45, 2.75) is 19.5 Å². The molecular weight excluding hydrogens is 275 g/mol. The van der Waals surface area contributed by atoms with Gasteiger partial charge in [-0.1, -0.05) is 61.5 Å². The van der Waals surface area contributed by atoms with E-state index in [1.165, 1.54) is 17.0 Å². The summed E-state index contributed by atoms with van der Waals surface area (Å²) in [5.74, 6) is 0.930. The van der Waals surface area contributed by atoms with Gasteiger partial charge in [0.25, 0.3) is 0 Å². The molecule has 108 valence electrons. The molecule has 1 heterocycles. The summed E-state index contributed by atoms with van der Waals surface area (Å²) in [5.41, 5.74) is 5.08. The Morgan fingerprint density at radius 3 is 2.24 bits per heavy atom. The second-order valence-corrected chi connectivity index (χ2v) is 7.89. The molecule has 0 N–H and O–H groups in total. The Kier molecular flexibility index (Phi) is 4.12. The summed E-state index contributed by atoms with van der Waals surface area (Å²) < 4.78 is 5.28. The van der Waals surface area contributed by atoms with Crippen LogP contribution in [0.1, 0.15) is 25.1 Å². The summed E-state index contributed by atoms with van der Waals surface area (Å²) in [6.07, 6.45) is 1.22. The molecule has 2 unspecified atom stereocenters. The van der Waals surface area contributed by atoms with Gasteiger partial charge in [0.05, 0.1) is 7.11 Å². The van der Waals surface area contributed by atoms with Crippen molar-refractivity contribution in [1.82, 2.24) is 0 Å². The second kappa shape index (κ2) is 6.03. The third-order valence-electron chi connectivity index (χ3n) is 4.32. The van der Waals surface area contributed by atoms with E-state index >= 15 is 0 Å². The summed E-state index contributed by atoms with van der Waals surface area (Å²) >= 11 is 0. The van der Waals surface area contributed by atoms with Gasteiger partial charge in [-0.2, -0.15) is 0 Å². The van der Waals surface area contributed by atoms with Crippen molar-refractivity contribution in [2.24, 2.45) is 0 Å². The monoisotopic (exact) mass is 296 g/mol. The Morgan fingerprint density at radius 2 is 1.62 bits per heavy atom. The number of benzene rings is 2. The van der Waals surface area contributed by atoms with E-state index in [0.717, 1.165) is 5.75 Å². The van der Waals surface area contributed by atoms with Gasteiger partial charge in [0, 0.05) is 5.66 Å². The summed E-state index contributed by atoms with van der Waals surface area (Å²) in [4.78, 5) is 0. The average Bonchev–Trinajstić information content (AvgIpc) is 2.84. The van der Waals surface area contributed by atoms with Crippen LogP contribution >= 0.6 is 7.92 Å². The van der Waals surface area contributed by atoms with Gasteiger partial charge in [-0.3, -0.25) is 0 Å². The van der Waals surface area contributed by atoms with E-state index in [1.54, 1.807) is 18.3 Å². The van der Waals surface area contributed by atoms with Crippen molar-refractivity contribution < 1.29 is 4.74 Å². The zero-order chi connectivity index (χ0) is 14.8.